The normalized spacial score (nSPS) is 10.7. The lowest BCUT2D eigenvalue weighted by atomic mass is 10.2. The summed E-state index contributed by atoms with van der Waals surface area (Å²) in [7, 11) is 3.95. The van der Waals surface area contributed by atoms with Crippen LogP contribution in [0.4, 0.5) is 11.4 Å². The lowest BCUT2D eigenvalue weighted by Crippen LogP contribution is -2.36. The highest BCUT2D eigenvalue weighted by atomic mass is 32.1. The monoisotopic (exact) mass is 360 g/mol. The fourth-order valence-electron chi connectivity index (χ4n) is 2.25. The molecule has 3 N–H and O–H groups in total. The lowest BCUT2D eigenvalue weighted by Gasteiger charge is -2.22. The predicted molar refractivity (Wildman–Crippen MR) is 103 cm³/mol. The maximum atomic E-state index is 12.6. The molecular formula is C18H24N4O2S. The molecule has 0 aliphatic heterocycles. The maximum absolute atomic E-state index is 12.6. The summed E-state index contributed by atoms with van der Waals surface area (Å²) in [5, 5.41) is 2.78. The number of rotatable bonds is 7. The second-order valence-electron chi connectivity index (χ2n) is 5.89. The van der Waals surface area contributed by atoms with Crippen LogP contribution in [0.3, 0.4) is 0 Å². The number of nitrogens with zero attached hydrogens (tertiary/aromatic N) is 2. The van der Waals surface area contributed by atoms with Crippen molar-refractivity contribution in [3.8, 4) is 0 Å². The number of benzene rings is 1. The van der Waals surface area contributed by atoms with Crippen LogP contribution in [0.2, 0.25) is 0 Å². The van der Waals surface area contributed by atoms with E-state index >= 15 is 0 Å². The molecule has 0 saturated carbocycles. The van der Waals surface area contributed by atoms with Crippen molar-refractivity contribution in [2.24, 2.45) is 0 Å². The smallest absolute Gasteiger partial charge is 0.265 e. The topological polar surface area (TPSA) is 78.7 Å². The average Bonchev–Trinajstić information content (AvgIpc) is 3.07. The van der Waals surface area contributed by atoms with Gasteiger partial charge in [0.25, 0.3) is 11.8 Å². The van der Waals surface area contributed by atoms with Crippen LogP contribution in [0.5, 0.6) is 0 Å². The number of amides is 2. The van der Waals surface area contributed by atoms with Gasteiger partial charge in [0.2, 0.25) is 0 Å². The van der Waals surface area contributed by atoms with E-state index in [-0.39, 0.29) is 11.8 Å². The Kier molecular flexibility index (Phi) is 6.55. The molecule has 0 atom stereocenters. The SMILES string of the molecule is CCN(CCN(C)C)C(=O)c1ccc(C(=O)Nc2ccccc2N)s1. The molecule has 0 aliphatic rings. The standard InChI is InChI=1S/C18H24N4O2S/c1-4-22(12-11-21(2)3)18(24)16-10-9-15(25-16)17(23)20-14-8-6-5-7-13(14)19/h5-10H,4,11-12,19H2,1-3H3,(H,20,23). The van der Waals surface area contributed by atoms with Gasteiger partial charge in [0, 0.05) is 19.6 Å². The van der Waals surface area contributed by atoms with Crippen molar-refractivity contribution in [2.75, 3.05) is 44.8 Å². The number of para-hydroxylation sites is 2. The summed E-state index contributed by atoms with van der Waals surface area (Å²) in [4.78, 5) is 29.8. The van der Waals surface area contributed by atoms with E-state index in [0.29, 0.717) is 34.2 Å². The molecule has 2 amide bonds. The van der Waals surface area contributed by atoms with E-state index in [4.69, 9.17) is 5.73 Å². The quantitative estimate of drug-likeness (QED) is 0.744. The summed E-state index contributed by atoms with van der Waals surface area (Å²) in [6.45, 7) is 4.04. The number of nitrogens with one attached hydrogen (secondary N) is 1. The van der Waals surface area contributed by atoms with Crippen molar-refractivity contribution in [3.63, 3.8) is 0 Å². The third-order valence-corrected chi connectivity index (χ3v) is 4.81. The molecule has 7 heteroatoms. The second kappa shape index (κ2) is 8.64. The zero-order valence-corrected chi connectivity index (χ0v) is 15.6. The van der Waals surface area contributed by atoms with E-state index in [9.17, 15) is 9.59 Å². The summed E-state index contributed by atoms with van der Waals surface area (Å²) in [5.41, 5.74) is 6.91. The van der Waals surface area contributed by atoms with E-state index in [1.54, 1.807) is 41.3 Å². The molecule has 1 aromatic heterocycles. The summed E-state index contributed by atoms with van der Waals surface area (Å²) in [6.07, 6.45) is 0. The highest BCUT2D eigenvalue weighted by Crippen LogP contribution is 2.22. The van der Waals surface area contributed by atoms with Gasteiger partial charge in [-0.25, -0.2) is 0 Å². The van der Waals surface area contributed by atoms with E-state index in [2.05, 4.69) is 5.32 Å². The van der Waals surface area contributed by atoms with Gasteiger partial charge in [-0.15, -0.1) is 11.3 Å². The first-order chi connectivity index (χ1) is 11.9. The third kappa shape index (κ3) is 5.04. The Labute approximate surface area is 152 Å². The minimum absolute atomic E-state index is 0.0485. The highest BCUT2D eigenvalue weighted by Gasteiger charge is 2.19. The molecule has 0 bridgehead atoms. The van der Waals surface area contributed by atoms with E-state index in [1.807, 2.05) is 25.9 Å². The average molecular weight is 360 g/mol. The van der Waals surface area contributed by atoms with Crippen LogP contribution in [-0.2, 0) is 0 Å². The van der Waals surface area contributed by atoms with Gasteiger partial charge >= 0.3 is 0 Å². The minimum Gasteiger partial charge on any atom is -0.397 e. The molecule has 2 aromatic rings. The fraction of sp³-hybridized carbons (Fsp3) is 0.333. The molecule has 1 aromatic carbocycles. The zero-order valence-electron chi connectivity index (χ0n) is 14.8. The molecule has 0 saturated heterocycles. The van der Waals surface area contributed by atoms with Gasteiger partial charge in [-0.2, -0.15) is 0 Å². The highest BCUT2D eigenvalue weighted by molar-refractivity contribution is 7.16. The Bertz CT molecular complexity index is 742. The van der Waals surface area contributed by atoms with Crippen molar-refractivity contribution in [2.45, 2.75) is 6.92 Å². The minimum atomic E-state index is -0.265. The first-order valence-corrected chi connectivity index (χ1v) is 8.93. The predicted octanol–water partition coefficient (Wildman–Crippen LogP) is 2.61. The first kappa shape index (κ1) is 19.0. The van der Waals surface area contributed by atoms with Gasteiger partial charge in [-0.05, 0) is 45.3 Å². The number of hydrogen-bond donors (Lipinski definition) is 2. The van der Waals surface area contributed by atoms with E-state index in [1.165, 1.54) is 11.3 Å². The van der Waals surface area contributed by atoms with Gasteiger partial charge in [0.1, 0.15) is 0 Å². The number of anilines is 2. The molecular weight excluding hydrogens is 336 g/mol. The summed E-state index contributed by atoms with van der Waals surface area (Å²) >= 11 is 1.19. The molecule has 0 unspecified atom stereocenters. The summed E-state index contributed by atoms with van der Waals surface area (Å²) in [6, 6.07) is 10.5. The van der Waals surface area contributed by atoms with Crippen LogP contribution in [0, 0.1) is 0 Å². The van der Waals surface area contributed by atoms with Crippen LogP contribution in [-0.4, -0.2) is 55.3 Å². The molecule has 0 radical (unpaired) electrons. The molecule has 25 heavy (non-hydrogen) atoms. The van der Waals surface area contributed by atoms with Gasteiger partial charge in [0.15, 0.2) is 0 Å². The largest absolute Gasteiger partial charge is 0.397 e. The van der Waals surface area contributed by atoms with Crippen molar-refractivity contribution in [3.05, 3.63) is 46.2 Å². The van der Waals surface area contributed by atoms with Gasteiger partial charge in [0.05, 0.1) is 21.1 Å². The Balaban J connectivity index is 2.06. The fourth-order valence-corrected chi connectivity index (χ4v) is 3.12. The van der Waals surface area contributed by atoms with Crippen molar-refractivity contribution in [1.82, 2.24) is 9.80 Å². The van der Waals surface area contributed by atoms with Gasteiger partial charge in [-0.3, -0.25) is 9.59 Å². The molecule has 0 fully saturated rings. The summed E-state index contributed by atoms with van der Waals surface area (Å²) in [5.74, 6) is -0.314. The van der Waals surface area contributed by atoms with Crippen molar-refractivity contribution >= 4 is 34.5 Å². The maximum Gasteiger partial charge on any atom is 0.265 e. The number of carbonyl (C=O) groups is 2. The molecule has 2 rings (SSSR count). The van der Waals surface area contributed by atoms with Gasteiger partial charge in [-0.1, -0.05) is 12.1 Å². The third-order valence-electron chi connectivity index (χ3n) is 3.74. The lowest BCUT2D eigenvalue weighted by molar-refractivity contribution is 0.0759. The number of nitrogen functional groups attached to an aromatic ring is 1. The zero-order chi connectivity index (χ0) is 18.4. The first-order valence-electron chi connectivity index (χ1n) is 8.12. The van der Waals surface area contributed by atoms with Crippen molar-refractivity contribution in [1.29, 1.82) is 0 Å². The van der Waals surface area contributed by atoms with Gasteiger partial charge < -0.3 is 20.9 Å². The molecule has 0 aliphatic carbocycles. The van der Waals surface area contributed by atoms with Crippen LogP contribution in [0.1, 0.15) is 26.3 Å². The van der Waals surface area contributed by atoms with Crippen LogP contribution in [0.15, 0.2) is 36.4 Å². The number of hydrogen-bond acceptors (Lipinski definition) is 5. The second-order valence-corrected chi connectivity index (χ2v) is 6.98. The number of carbonyl (C=O) groups excluding carboxylic acids is 2. The van der Waals surface area contributed by atoms with E-state index in [0.717, 1.165) is 6.54 Å². The molecule has 6 nitrogen and oxygen atoms in total. The molecule has 0 spiro atoms. The Hall–Kier alpha value is -2.38. The Morgan fingerprint density at radius 1 is 1.08 bits per heavy atom. The Morgan fingerprint density at radius 2 is 1.76 bits per heavy atom. The number of thiophene rings is 1. The summed E-state index contributed by atoms with van der Waals surface area (Å²) < 4.78 is 0. The molecule has 134 valence electrons. The number of likely N-dealkylation sites (N-methyl/N-ethyl adjacent to an activating group) is 2. The molecule has 1 heterocycles. The van der Waals surface area contributed by atoms with Crippen LogP contribution >= 0.6 is 11.3 Å². The van der Waals surface area contributed by atoms with E-state index < -0.39 is 0 Å². The number of nitrogens with two attached hydrogens (primary N) is 1. The van der Waals surface area contributed by atoms with Crippen LogP contribution < -0.4 is 11.1 Å². The van der Waals surface area contributed by atoms with Crippen LogP contribution in [0.25, 0.3) is 0 Å². The van der Waals surface area contributed by atoms with Crippen molar-refractivity contribution < 1.29 is 9.59 Å². The Morgan fingerprint density at radius 3 is 2.40 bits per heavy atom.